The van der Waals surface area contributed by atoms with Crippen LogP contribution in [0.1, 0.15) is 29.8 Å². The molecule has 1 unspecified atom stereocenters. The van der Waals surface area contributed by atoms with Gasteiger partial charge in [0.1, 0.15) is 30.2 Å². The highest BCUT2D eigenvalue weighted by Crippen LogP contribution is 2.43. The SMILES string of the molecule is C[C@@H]1Cc2c([nH]c3ccccc23)[C@@H](c2c(F)cc(OCCN3CC(CF)C3)cc2F)N1C(O)CN(C)C. The van der Waals surface area contributed by atoms with Gasteiger partial charge in [0.05, 0.1) is 12.7 Å². The Labute approximate surface area is 215 Å². The number of H-pyrrole nitrogens is 1. The van der Waals surface area contributed by atoms with Crippen LogP contribution in [0.15, 0.2) is 36.4 Å². The summed E-state index contributed by atoms with van der Waals surface area (Å²) in [6.07, 6.45) is -0.293. The molecule has 2 aliphatic rings. The van der Waals surface area contributed by atoms with Crippen molar-refractivity contribution in [3.63, 3.8) is 0 Å². The van der Waals surface area contributed by atoms with E-state index < -0.39 is 23.9 Å². The molecule has 2 aliphatic heterocycles. The molecule has 2 aromatic carbocycles. The number of aromatic amines is 1. The van der Waals surface area contributed by atoms with Crippen LogP contribution in [0, 0.1) is 17.6 Å². The van der Waals surface area contributed by atoms with Gasteiger partial charge in [-0.2, -0.15) is 0 Å². The lowest BCUT2D eigenvalue weighted by atomic mass is 9.87. The van der Waals surface area contributed by atoms with Crippen molar-refractivity contribution in [1.82, 2.24) is 19.7 Å². The van der Waals surface area contributed by atoms with Gasteiger partial charge >= 0.3 is 0 Å². The molecule has 3 aromatic rings. The van der Waals surface area contributed by atoms with Crippen LogP contribution >= 0.6 is 0 Å². The second-order valence-corrected chi connectivity index (χ2v) is 10.6. The molecule has 0 spiro atoms. The maximum absolute atomic E-state index is 15.7. The van der Waals surface area contributed by atoms with Crippen molar-refractivity contribution >= 4 is 10.9 Å². The Kier molecular flexibility index (Phi) is 7.49. The van der Waals surface area contributed by atoms with E-state index in [2.05, 4.69) is 9.88 Å². The minimum Gasteiger partial charge on any atom is -0.492 e. The third-order valence-corrected chi connectivity index (χ3v) is 7.55. The van der Waals surface area contributed by atoms with E-state index in [0.29, 0.717) is 38.3 Å². The molecule has 3 heterocycles. The quantitative estimate of drug-likeness (QED) is 0.451. The number of alkyl halides is 1. The van der Waals surface area contributed by atoms with Crippen LogP contribution in [-0.4, -0.2) is 90.6 Å². The minimum atomic E-state index is -0.936. The van der Waals surface area contributed by atoms with Gasteiger partial charge in [-0.1, -0.05) is 18.2 Å². The number of nitrogens with zero attached hydrogens (tertiary/aromatic N) is 3. The average Bonchev–Trinajstić information content (AvgIpc) is 3.17. The molecular weight excluding hydrogens is 481 g/mol. The third-order valence-electron chi connectivity index (χ3n) is 7.55. The largest absolute Gasteiger partial charge is 0.492 e. The zero-order chi connectivity index (χ0) is 26.3. The van der Waals surface area contributed by atoms with E-state index in [9.17, 15) is 9.50 Å². The van der Waals surface area contributed by atoms with Crippen molar-refractivity contribution in [1.29, 1.82) is 0 Å². The number of nitrogens with one attached hydrogen (secondary N) is 1. The fraction of sp³-hybridized carbons (Fsp3) is 0.500. The van der Waals surface area contributed by atoms with Gasteiger partial charge in [-0.05, 0) is 39.1 Å². The lowest BCUT2D eigenvalue weighted by molar-refractivity contribution is -0.0600. The summed E-state index contributed by atoms with van der Waals surface area (Å²) in [6.45, 7) is 4.17. The number of aromatic nitrogens is 1. The van der Waals surface area contributed by atoms with E-state index in [1.807, 2.05) is 50.2 Å². The van der Waals surface area contributed by atoms with Crippen LogP contribution < -0.4 is 4.74 Å². The summed E-state index contributed by atoms with van der Waals surface area (Å²) in [6, 6.07) is 9.28. The maximum atomic E-state index is 15.7. The van der Waals surface area contributed by atoms with Crippen LogP contribution in [-0.2, 0) is 6.42 Å². The summed E-state index contributed by atoms with van der Waals surface area (Å²) in [5.74, 6) is -1.25. The normalized spacial score (nSPS) is 21.8. The van der Waals surface area contributed by atoms with Gasteiger partial charge in [0.2, 0.25) is 0 Å². The number of para-hydroxylation sites is 1. The molecule has 0 radical (unpaired) electrons. The number of hydrogen-bond donors (Lipinski definition) is 2. The van der Waals surface area contributed by atoms with Gasteiger partial charge in [-0.3, -0.25) is 14.2 Å². The van der Waals surface area contributed by atoms with Gasteiger partial charge in [0.15, 0.2) is 0 Å². The summed E-state index contributed by atoms with van der Waals surface area (Å²) in [5, 5.41) is 12.2. The number of rotatable bonds is 9. The van der Waals surface area contributed by atoms with Crippen LogP contribution in [0.2, 0.25) is 0 Å². The van der Waals surface area contributed by atoms with Crippen molar-refractivity contribution < 1.29 is 23.0 Å². The van der Waals surface area contributed by atoms with E-state index in [4.69, 9.17) is 4.74 Å². The van der Waals surface area contributed by atoms with Crippen molar-refractivity contribution in [3.8, 4) is 5.75 Å². The second kappa shape index (κ2) is 10.6. The molecule has 5 rings (SSSR count). The number of ether oxygens (including phenoxy) is 1. The van der Waals surface area contributed by atoms with Gasteiger partial charge in [-0.15, -0.1) is 0 Å². The van der Waals surface area contributed by atoms with E-state index >= 15 is 8.78 Å². The minimum absolute atomic E-state index is 0.0763. The number of fused-ring (bicyclic) bond motifs is 3. The van der Waals surface area contributed by atoms with Crippen LogP contribution in [0.5, 0.6) is 5.75 Å². The van der Waals surface area contributed by atoms with E-state index in [-0.39, 0.29) is 36.6 Å². The van der Waals surface area contributed by atoms with E-state index in [0.717, 1.165) is 16.5 Å². The molecule has 1 aromatic heterocycles. The Hall–Kier alpha value is -2.59. The predicted molar refractivity (Wildman–Crippen MR) is 137 cm³/mol. The molecule has 200 valence electrons. The highest BCUT2D eigenvalue weighted by atomic mass is 19.1. The van der Waals surface area contributed by atoms with Crippen LogP contribution in [0.25, 0.3) is 10.9 Å². The first-order valence-electron chi connectivity index (χ1n) is 12.9. The van der Waals surface area contributed by atoms with Gasteiger partial charge in [0, 0.05) is 72.4 Å². The first-order valence-corrected chi connectivity index (χ1v) is 12.9. The molecular formula is C28H35F3N4O2. The van der Waals surface area contributed by atoms with Crippen molar-refractivity contribution in [2.45, 2.75) is 31.7 Å². The molecule has 0 saturated carbocycles. The van der Waals surface area contributed by atoms with Gasteiger partial charge in [-0.25, -0.2) is 8.78 Å². The number of benzene rings is 2. The summed E-state index contributed by atoms with van der Waals surface area (Å²) in [7, 11) is 3.71. The second-order valence-electron chi connectivity index (χ2n) is 10.6. The number of aliphatic hydroxyl groups excluding tert-OH is 1. The summed E-state index contributed by atoms with van der Waals surface area (Å²) in [4.78, 5) is 9.10. The summed E-state index contributed by atoms with van der Waals surface area (Å²) >= 11 is 0. The lowest BCUT2D eigenvalue weighted by Gasteiger charge is -2.44. The molecule has 1 saturated heterocycles. The molecule has 0 bridgehead atoms. The number of likely N-dealkylation sites (tertiary alicyclic amines) is 1. The Morgan fingerprint density at radius 3 is 2.54 bits per heavy atom. The Bertz CT molecular complexity index is 1220. The number of aliphatic hydroxyl groups is 1. The molecule has 9 heteroatoms. The fourth-order valence-electron chi connectivity index (χ4n) is 5.81. The number of likely N-dealkylation sites (N-methyl/N-ethyl adjacent to an activating group) is 1. The van der Waals surface area contributed by atoms with Crippen LogP contribution in [0.3, 0.4) is 0 Å². The maximum Gasteiger partial charge on any atom is 0.135 e. The summed E-state index contributed by atoms with van der Waals surface area (Å²) < 4.78 is 49.7. The zero-order valence-corrected chi connectivity index (χ0v) is 21.6. The van der Waals surface area contributed by atoms with E-state index in [1.165, 1.54) is 12.1 Å². The third kappa shape index (κ3) is 5.10. The number of halogens is 3. The van der Waals surface area contributed by atoms with Crippen molar-refractivity contribution in [2.24, 2.45) is 5.92 Å². The first-order chi connectivity index (χ1) is 17.8. The van der Waals surface area contributed by atoms with E-state index in [1.54, 1.807) is 4.90 Å². The smallest absolute Gasteiger partial charge is 0.135 e. The van der Waals surface area contributed by atoms with Gasteiger partial charge < -0.3 is 19.7 Å². The molecule has 3 atom stereocenters. The first kappa shape index (κ1) is 26.0. The standard InChI is InChI=1S/C28H35F3N4O2/c1-17-10-21-20-6-4-5-7-24(20)32-27(21)28(35(17)25(36)16-33(2)3)26-22(30)11-19(12-23(26)31)37-9-8-34-14-18(13-29)15-34/h4-7,11-12,17-18,25,28,32,36H,8-10,13-16H2,1-3H3/t17-,25?,28-/m1/s1. The molecule has 0 amide bonds. The van der Waals surface area contributed by atoms with Crippen molar-refractivity contribution in [3.05, 3.63) is 64.9 Å². The molecule has 1 fully saturated rings. The molecule has 37 heavy (non-hydrogen) atoms. The Morgan fingerprint density at radius 2 is 1.86 bits per heavy atom. The fourth-order valence-corrected chi connectivity index (χ4v) is 5.81. The van der Waals surface area contributed by atoms with Crippen LogP contribution in [0.4, 0.5) is 13.2 Å². The summed E-state index contributed by atoms with van der Waals surface area (Å²) in [5.41, 5.74) is 2.50. The van der Waals surface area contributed by atoms with Gasteiger partial charge in [0.25, 0.3) is 0 Å². The highest BCUT2D eigenvalue weighted by Gasteiger charge is 2.41. The zero-order valence-electron chi connectivity index (χ0n) is 21.6. The topological polar surface area (TPSA) is 55.0 Å². The average molecular weight is 517 g/mol. The monoisotopic (exact) mass is 516 g/mol. The predicted octanol–water partition coefficient (Wildman–Crippen LogP) is 3.94. The molecule has 0 aliphatic carbocycles. The Morgan fingerprint density at radius 1 is 1.16 bits per heavy atom. The van der Waals surface area contributed by atoms with Crippen molar-refractivity contribution in [2.75, 3.05) is 53.6 Å². The molecule has 2 N–H and O–H groups in total. The molecule has 6 nitrogen and oxygen atoms in total. The Balaban J connectivity index is 1.47. The number of hydrogen-bond acceptors (Lipinski definition) is 5. The lowest BCUT2D eigenvalue weighted by Crippen LogP contribution is -2.52. The highest BCUT2D eigenvalue weighted by molar-refractivity contribution is 5.85.